The number of rotatable bonds is 7. The monoisotopic (exact) mass is 302 g/mol. The second-order valence-corrected chi connectivity index (χ2v) is 4.37. The van der Waals surface area contributed by atoms with Crippen LogP contribution in [0.5, 0.6) is 11.5 Å². The first-order valence-corrected chi connectivity index (χ1v) is 6.25. The molecule has 1 aromatic rings. The van der Waals surface area contributed by atoms with Crippen LogP contribution in [0.25, 0.3) is 0 Å². The summed E-state index contributed by atoms with van der Waals surface area (Å²) in [7, 11) is 5.02. The average Bonchev–Trinajstić information content (AvgIpc) is 2.44. The van der Waals surface area contributed by atoms with Gasteiger partial charge in [-0.2, -0.15) is 0 Å². The number of benzene rings is 1. The zero-order valence-electron chi connectivity index (χ0n) is 12.4. The molecule has 0 bridgehead atoms. The molecule has 0 aliphatic heterocycles. The van der Waals surface area contributed by atoms with Crippen molar-refractivity contribution in [2.75, 3.05) is 27.8 Å². The largest absolute Gasteiger partial charge is 0.493 e. The van der Waals surface area contributed by atoms with E-state index in [1.165, 1.54) is 0 Å². The van der Waals surface area contributed by atoms with E-state index in [0.29, 0.717) is 24.6 Å². The molecule has 0 heterocycles. The van der Waals surface area contributed by atoms with Gasteiger partial charge in [-0.3, -0.25) is 4.79 Å². The molecule has 0 aliphatic carbocycles. The minimum atomic E-state index is -0.0508. The van der Waals surface area contributed by atoms with Crippen LogP contribution in [0.2, 0.25) is 0 Å². The van der Waals surface area contributed by atoms with Crippen molar-refractivity contribution in [1.29, 1.82) is 0 Å². The summed E-state index contributed by atoms with van der Waals surface area (Å²) in [5, 5.41) is 5.88. The van der Waals surface area contributed by atoms with E-state index >= 15 is 0 Å². The fourth-order valence-corrected chi connectivity index (χ4v) is 1.75. The SMILES string of the molecule is CNCC(C)C(=O)NCc1ccc(OC)c(OC)c1.Cl. The Kier molecular flexibility index (Phi) is 8.76. The quantitative estimate of drug-likeness (QED) is 0.803. The Morgan fingerprint density at radius 2 is 1.90 bits per heavy atom. The van der Waals surface area contributed by atoms with Gasteiger partial charge in [-0.25, -0.2) is 0 Å². The highest BCUT2D eigenvalue weighted by atomic mass is 35.5. The van der Waals surface area contributed by atoms with E-state index in [1.54, 1.807) is 14.2 Å². The minimum absolute atomic E-state index is 0. The molecule has 1 amide bonds. The Morgan fingerprint density at radius 3 is 2.45 bits per heavy atom. The van der Waals surface area contributed by atoms with Crippen molar-refractivity contribution in [2.24, 2.45) is 5.92 Å². The van der Waals surface area contributed by atoms with Gasteiger partial charge in [0.1, 0.15) is 0 Å². The lowest BCUT2D eigenvalue weighted by molar-refractivity contribution is -0.124. The predicted octanol–water partition coefficient (Wildman–Crippen LogP) is 1.60. The van der Waals surface area contributed by atoms with Crippen LogP contribution in [0.3, 0.4) is 0 Å². The van der Waals surface area contributed by atoms with E-state index < -0.39 is 0 Å². The molecular formula is C14H23ClN2O3. The zero-order valence-corrected chi connectivity index (χ0v) is 13.2. The molecule has 0 aromatic heterocycles. The van der Waals surface area contributed by atoms with Crippen LogP contribution in [-0.2, 0) is 11.3 Å². The van der Waals surface area contributed by atoms with Gasteiger partial charge in [-0.15, -0.1) is 12.4 Å². The van der Waals surface area contributed by atoms with Crippen LogP contribution in [0.4, 0.5) is 0 Å². The third-order valence-electron chi connectivity index (χ3n) is 2.87. The van der Waals surface area contributed by atoms with Gasteiger partial charge in [0.2, 0.25) is 5.91 Å². The number of methoxy groups -OCH3 is 2. The Hall–Kier alpha value is -1.46. The van der Waals surface area contributed by atoms with Gasteiger partial charge in [0, 0.05) is 19.0 Å². The summed E-state index contributed by atoms with van der Waals surface area (Å²) >= 11 is 0. The normalized spacial score (nSPS) is 11.2. The molecule has 1 rings (SSSR count). The first-order chi connectivity index (χ1) is 9.12. The number of nitrogens with one attached hydrogen (secondary N) is 2. The molecule has 2 N–H and O–H groups in total. The predicted molar refractivity (Wildman–Crippen MR) is 81.7 cm³/mol. The van der Waals surface area contributed by atoms with E-state index in [1.807, 2.05) is 32.2 Å². The molecule has 0 saturated carbocycles. The second-order valence-electron chi connectivity index (χ2n) is 4.37. The third-order valence-corrected chi connectivity index (χ3v) is 2.87. The number of carbonyl (C=O) groups excluding carboxylic acids is 1. The Balaban J connectivity index is 0.00000361. The first-order valence-electron chi connectivity index (χ1n) is 6.25. The highest BCUT2D eigenvalue weighted by Crippen LogP contribution is 2.27. The Morgan fingerprint density at radius 1 is 1.25 bits per heavy atom. The van der Waals surface area contributed by atoms with Crippen molar-refractivity contribution in [3.05, 3.63) is 23.8 Å². The van der Waals surface area contributed by atoms with Gasteiger partial charge in [0.05, 0.1) is 14.2 Å². The zero-order chi connectivity index (χ0) is 14.3. The lowest BCUT2D eigenvalue weighted by Gasteiger charge is -2.13. The van der Waals surface area contributed by atoms with E-state index in [9.17, 15) is 4.79 Å². The molecule has 5 nitrogen and oxygen atoms in total. The Bertz CT molecular complexity index is 427. The van der Waals surface area contributed by atoms with Crippen LogP contribution >= 0.6 is 12.4 Å². The fourth-order valence-electron chi connectivity index (χ4n) is 1.75. The van der Waals surface area contributed by atoms with Gasteiger partial charge >= 0.3 is 0 Å². The number of hydrogen-bond acceptors (Lipinski definition) is 4. The molecule has 6 heteroatoms. The number of halogens is 1. The molecule has 1 unspecified atom stereocenters. The van der Waals surface area contributed by atoms with Crippen molar-refractivity contribution in [1.82, 2.24) is 10.6 Å². The molecule has 20 heavy (non-hydrogen) atoms. The van der Waals surface area contributed by atoms with Crippen LogP contribution in [0.1, 0.15) is 12.5 Å². The van der Waals surface area contributed by atoms with Gasteiger partial charge < -0.3 is 20.1 Å². The summed E-state index contributed by atoms with van der Waals surface area (Å²) in [5.74, 6) is 1.33. The van der Waals surface area contributed by atoms with Crippen molar-refractivity contribution in [2.45, 2.75) is 13.5 Å². The van der Waals surface area contributed by atoms with Crippen molar-refractivity contribution in [3.8, 4) is 11.5 Å². The highest BCUT2D eigenvalue weighted by Gasteiger charge is 2.11. The number of ether oxygens (including phenoxy) is 2. The summed E-state index contributed by atoms with van der Waals surface area (Å²) in [5.41, 5.74) is 0.975. The molecule has 0 spiro atoms. The van der Waals surface area contributed by atoms with Crippen LogP contribution < -0.4 is 20.1 Å². The molecule has 1 aromatic carbocycles. The van der Waals surface area contributed by atoms with E-state index in [-0.39, 0.29) is 24.2 Å². The summed E-state index contributed by atoms with van der Waals surface area (Å²) in [4.78, 5) is 11.8. The Labute approximate surface area is 126 Å². The van der Waals surface area contributed by atoms with E-state index in [2.05, 4.69) is 10.6 Å². The fraction of sp³-hybridized carbons (Fsp3) is 0.500. The van der Waals surface area contributed by atoms with Gasteiger partial charge in [0.25, 0.3) is 0 Å². The number of hydrogen-bond donors (Lipinski definition) is 2. The molecule has 0 saturated heterocycles. The van der Waals surface area contributed by atoms with Gasteiger partial charge in [-0.1, -0.05) is 13.0 Å². The number of carbonyl (C=O) groups is 1. The lowest BCUT2D eigenvalue weighted by Crippen LogP contribution is -2.33. The van der Waals surface area contributed by atoms with E-state index in [4.69, 9.17) is 9.47 Å². The van der Waals surface area contributed by atoms with Crippen LogP contribution in [-0.4, -0.2) is 33.7 Å². The average molecular weight is 303 g/mol. The molecule has 0 aliphatic rings. The third kappa shape index (κ3) is 5.27. The molecule has 0 fully saturated rings. The molecule has 114 valence electrons. The minimum Gasteiger partial charge on any atom is -0.493 e. The first kappa shape index (κ1) is 18.5. The maximum atomic E-state index is 11.8. The maximum Gasteiger partial charge on any atom is 0.224 e. The maximum absolute atomic E-state index is 11.8. The molecular weight excluding hydrogens is 280 g/mol. The molecule has 1 atom stereocenters. The summed E-state index contributed by atoms with van der Waals surface area (Å²) in [6.07, 6.45) is 0. The van der Waals surface area contributed by atoms with Crippen molar-refractivity contribution >= 4 is 18.3 Å². The second kappa shape index (κ2) is 9.44. The number of amides is 1. The highest BCUT2D eigenvalue weighted by molar-refractivity contribution is 5.85. The van der Waals surface area contributed by atoms with Gasteiger partial charge in [0.15, 0.2) is 11.5 Å². The summed E-state index contributed by atoms with van der Waals surface area (Å²) in [6, 6.07) is 5.60. The standard InChI is InChI=1S/C14H22N2O3.ClH/c1-10(8-15-2)14(17)16-9-11-5-6-12(18-3)13(7-11)19-4;/h5-7,10,15H,8-9H2,1-4H3,(H,16,17);1H. The van der Waals surface area contributed by atoms with Gasteiger partial charge in [-0.05, 0) is 24.7 Å². The summed E-state index contributed by atoms with van der Waals surface area (Å²) in [6.45, 7) is 3.03. The summed E-state index contributed by atoms with van der Waals surface area (Å²) < 4.78 is 10.4. The lowest BCUT2D eigenvalue weighted by atomic mass is 10.1. The smallest absolute Gasteiger partial charge is 0.224 e. The van der Waals surface area contributed by atoms with Crippen molar-refractivity contribution in [3.63, 3.8) is 0 Å². The topological polar surface area (TPSA) is 59.6 Å². The van der Waals surface area contributed by atoms with Crippen molar-refractivity contribution < 1.29 is 14.3 Å². The van der Waals surface area contributed by atoms with Crippen LogP contribution in [0, 0.1) is 5.92 Å². The van der Waals surface area contributed by atoms with E-state index in [0.717, 1.165) is 5.56 Å². The molecule has 0 radical (unpaired) electrons. The van der Waals surface area contributed by atoms with Crippen LogP contribution in [0.15, 0.2) is 18.2 Å².